The van der Waals surface area contributed by atoms with E-state index in [4.69, 9.17) is 0 Å². The first-order chi connectivity index (χ1) is 10.3. The molecule has 2 heterocycles. The third kappa shape index (κ3) is 3.53. The average molecular weight is 283 g/mol. The first kappa shape index (κ1) is 14.3. The predicted octanol–water partition coefficient (Wildman–Crippen LogP) is 3.89. The van der Waals surface area contributed by atoms with Crippen LogP contribution < -0.4 is 5.32 Å². The Morgan fingerprint density at radius 3 is 2.90 bits per heavy atom. The third-order valence-electron chi connectivity index (χ3n) is 4.53. The molecule has 112 valence electrons. The first-order valence-electron chi connectivity index (χ1n) is 8.13. The van der Waals surface area contributed by atoms with E-state index in [1.807, 2.05) is 12.5 Å². The number of piperidine rings is 1. The Balaban J connectivity index is 1.64. The zero-order chi connectivity index (χ0) is 14.5. The van der Waals surface area contributed by atoms with E-state index in [9.17, 15) is 0 Å². The molecular formula is C18H25N3. The van der Waals surface area contributed by atoms with Gasteiger partial charge in [0.15, 0.2) is 0 Å². The van der Waals surface area contributed by atoms with Crippen molar-refractivity contribution in [1.82, 2.24) is 14.9 Å². The van der Waals surface area contributed by atoms with Crippen LogP contribution in [0.3, 0.4) is 0 Å². The molecule has 2 unspecified atom stereocenters. The highest BCUT2D eigenvalue weighted by Gasteiger charge is 2.20. The maximum absolute atomic E-state index is 4.40. The summed E-state index contributed by atoms with van der Waals surface area (Å²) in [6, 6.07) is 11.7. The van der Waals surface area contributed by atoms with E-state index in [2.05, 4.69) is 52.1 Å². The Morgan fingerprint density at radius 1 is 1.29 bits per heavy atom. The van der Waals surface area contributed by atoms with Gasteiger partial charge in [0, 0.05) is 18.3 Å². The molecule has 1 aliphatic rings. The zero-order valence-electron chi connectivity index (χ0n) is 12.8. The van der Waals surface area contributed by atoms with Crippen molar-refractivity contribution in [3.63, 3.8) is 0 Å². The summed E-state index contributed by atoms with van der Waals surface area (Å²) in [5, 5.41) is 3.63. The minimum absolute atomic E-state index is 0.487. The lowest BCUT2D eigenvalue weighted by atomic mass is 10.0. The van der Waals surface area contributed by atoms with Crippen LogP contribution in [0.25, 0.3) is 0 Å². The van der Waals surface area contributed by atoms with Gasteiger partial charge in [-0.05, 0) is 44.7 Å². The van der Waals surface area contributed by atoms with Gasteiger partial charge in [0.05, 0.1) is 12.0 Å². The van der Waals surface area contributed by atoms with E-state index >= 15 is 0 Å². The molecule has 2 aromatic rings. The molecule has 0 saturated carbocycles. The van der Waals surface area contributed by atoms with Crippen LogP contribution in [0, 0.1) is 0 Å². The summed E-state index contributed by atoms with van der Waals surface area (Å²) in [6.07, 6.45) is 10.2. The number of aromatic nitrogens is 2. The lowest BCUT2D eigenvalue weighted by Crippen LogP contribution is -2.29. The Hall–Kier alpha value is -1.61. The second kappa shape index (κ2) is 6.90. The monoisotopic (exact) mass is 283 g/mol. The quantitative estimate of drug-likeness (QED) is 0.902. The highest BCUT2D eigenvalue weighted by atomic mass is 15.1. The SMILES string of the molecule is CC(CCc1ccccc1)n1cncc1C1CCCCN1. The molecule has 0 bridgehead atoms. The van der Waals surface area contributed by atoms with Crippen molar-refractivity contribution in [2.45, 2.75) is 51.1 Å². The van der Waals surface area contributed by atoms with Gasteiger partial charge < -0.3 is 9.88 Å². The van der Waals surface area contributed by atoms with Crippen LogP contribution in [-0.4, -0.2) is 16.1 Å². The summed E-state index contributed by atoms with van der Waals surface area (Å²) < 4.78 is 2.37. The number of hydrogen-bond acceptors (Lipinski definition) is 2. The summed E-state index contributed by atoms with van der Waals surface area (Å²) >= 11 is 0. The number of hydrogen-bond donors (Lipinski definition) is 1. The molecule has 3 rings (SSSR count). The van der Waals surface area contributed by atoms with Gasteiger partial charge in [-0.25, -0.2) is 4.98 Å². The Labute approximate surface area is 127 Å². The molecule has 1 saturated heterocycles. The molecule has 1 aromatic carbocycles. The van der Waals surface area contributed by atoms with E-state index in [0.717, 1.165) is 19.4 Å². The van der Waals surface area contributed by atoms with Gasteiger partial charge in [-0.2, -0.15) is 0 Å². The normalized spacial score (nSPS) is 20.3. The largest absolute Gasteiger partial charge is 0.330 e. The van der Waals surface area contributed by atoms with Crippen molar-refractivity contribution in [3.8, 4) is 0 Å². The summed E-state index contributed by atoms with van der Waals surface area (Å²) in [6.45, 7) is 3.44. The molecular weight excluding hydrogens is 258 g/mol. The number of benzene rings is 1. The van der Waals surface area contributed by atoms with Crippen LogP contribution in [0.15, 0.2) is 42.9 Å². The molecule has 1 fully saturated rings. The van der Waals surface area contributed by atoms with E-state index < -0.39 is 0 Å². The summed E-state index contributed by atoms with van der Waals surface area (Å²) in [5.74, 6) is 0. The van der Waals surface area contributed by atoms with Gasteiger partial charge in [0.1, 0.15) is 0 Å². The average Bonchev–Trinajstić information content (AvgIpc) is 3.04. The zero-order valence-corrected chi connectivity index (χ0v) is 12.8. The Morgan fingerprint density at radius 2 is 2.14 bits per heavy atom. The third-order valence-corrected chi connectivity index (χ3v) is 4.53. The lowest BCUT2D eigenvalue weighted by molar-refractivity contribution is 0.378. The number of aryl methyl sites for hydroxylation is 1. The molecule has 1 N–H and O–H groups in total. The number of imidazole rings is 1. The maximum Gasteiger partial charge on any atom is 0.0951 e. The minimum Gasteiger partial charge on any atom is -0.330 e. The van der Waals surface area contributed by atoms with Crippen LogP contribution in [0.2, 0.25) is 0 Å². The van der Waals surface area contributed by atoms with Crippen LogP contribution in [0.4, 0.5) is 0 Å². The molecule has 2 atom stereocenters. The molecule has 1 aromatic heterocycles. The first-order valence-corrected chi connectivity index (χ1v) is 8.13. The summed E-state index contributed by atoms with van der Waals surface area (Å²) in [5.41, 5.74) is 2.78. The second-order valence-corrected chi connectivity index (χ2v) is 6.10. The van der Waals surface area contributed by atoms with Crippen LogP contribution in [0.5, 0.6) is 0 Å². The van der Waals surface area contributed by atoms with E-state index in [1.54, 1.807) is 0 Å². The van der Waals surface area contributed by atoms with E-state index in [1.165, 1.54) is 30.5 Å². The van der Waals surface area contributed by atoms with Gasteiger partial charge >= 0.3 is 0 Å². The van der Waals surface area contributed by atoms with E-state index in [-0.39, 0.29) is 0 Å². The summed E-state index contributed by atoms with van der Waals surface area (Å²) in [4.78, 5) is 4.40. The van der Waals surface area contributed by atoms with Crippen molar-refractivity contribution >= 4 is 0 Å². The van der Waals surface area contributed by atoms with E-state index in [0.29, 0.717) is 12.1 Å². The maximum atomic E-state index is 4.40. The minimum atomic E-state index is 0.487. The highest BCUT2D eigenvalue weighted by molar-refractivity contribution is 5.15. The highest BCUT2D eigenvalue weighted by Crippen LogP contribution is 2.26. The van der Waals surface area contributed by atoms with Gasteiger partial charge in [-0.1, -0.05) is 36.8 Å². The fourth-order valence-corrected chi connectivity index (χ4v) is 3.22. The van der Waals surface area contributed by atoms with Crippen molar-refractivity contribution in [2.75, 3.05) is 6.54 Å². The van der Waals surface area contributed by atoms with Crippen molar-refractivity contribution in [2.24, 2.45) is 0 Å². The van der Waals surface area contributed by atoms with Crippen molar-refractivity contribution < 1.29 is 0 Å². The molecule has 21 heavy (non-hydrogen) atoms. The standard InChI is InChI=1S/C18H25N3/c1-15(10-11-16-7-3-2-4-8-16)21-14-19-13-18(21)17-9-5-6-12-20-17/h2-4,7-8,13-15,17,20H,5-6,9-12H2,1H3. The molecule has 1 aliphatic heterocycles. The van der Waals surface area contributed by atoms with Crippen molar-refractivity contribution in [1.29, 1.82) is 0 Å². The van der Waals surface area contributed by atoms with Gasteiger partial charge in [0.2, 0.25) is 0 Å². The predicted molar refractivity (Wildman–Crippen MR) is 86.3 cm³/mol. The van der Waals surface area contributed by atoms with Crippen LogP contribution in [0.1, 0.15) is 55.9 Å². The van der Waals surface area contributed by atoms with Gasteiger partial charge in [-0.15, -0.1) is 0 Å². The van der Waals surface area contributed by atoms with Crippen LogP contribution in [-0.2, 0) is 6.42 Å². The number of nitrogens with zero attached hydrogens (tertiary/aromatic N) is 2. The fourth-order valence-electron chi connectivity index (χ4n) is 3.22. The molecule has 3 nitrogen and oxygen atoms in total. The smallest absolute Gasteiger partial charge is 0.0951 e. The molecule has 0 amide bonds. The topological polar surface area (TPSA) is 29.9 Å². The lowest BCUT2D eigenvalue weighted by Gasteiger charge is -2.26. The fraction of sp³-hybridized carbons (Fsp3) is 0.500. The van der Waals surface area contributed by atoms with Crippen LogP contribution >= 0.6 is 0 Å². The second-order valence-electron chi connectivity index (χ2n) is 6.10. The Kier molecular flexibility index (Phi) is 4.71. The Bertz CT molecular complexity index is 541. The van der Waals surface area contributed by atoms with Crippen molar-refractivity contribution in [3.05, 3.63) is 54.1 Å². The molecule has 0 aliphatic carbocycles. The van der Waals surface area contributed by atoms with Gasteiger partial charge in [0.25, 0.3) is 0 Å². The molecule has 0 spiro atoms. The summed E-state index contributed by atoms with van der Waals surface area (Å²) in [7, 11) is 0. The number of nitrogens with one attached hydrogen (secondary N) is 1. The molecule has 3 heteroatoms. The molecule has 0 radical (unpaired) electrons. The van der Waals surface area contributed by atoms with Gasteiger partial charge in [-0.3, -0.25) is 0 Å². The number of rotatable bonds is 5.